The number of nitrogens with one attached hydrogen (secondary N) is 3. The molecule has 7 nitrogen and oxygen atoms in total. The van der Waals surface area contributed by atoms with Gasteiger partial charge >= 0.3 is 12.0 Å². The molecule has 0 saturated carbocycles. The first-order valence-corrected chi connectivity index (χ1v) is 10.0. The number of urea groups is 1. The van der Waals surface area contributed by atoms with Crippen LogP contribution in [-0.2, 0) is 9.53 Å². The van der Waals surface area contributed by atoms with Gasteiger partial charge < -0.3 is 15.2 Å². The second-order valence-electron chi connectivity index (χ2n) is 7.44. The molecule has 7 heteroatoms. The van der Waals surface area contributed by atoms with Gasteiger partial charge in [-0.15, -0.1) is 0 Å². The fourth-order valence-corrected chi connectivity index (χ4v) is 4.16. The SMILES string of the molecule is O=C(O)CCC/C=C/C[C@@H]1[C@H](CNNC(=O)Nc2ccccc2)[C@@H]2CC[C@@H]1O2. The molecule has 152 valence electrons. The van der Waals surface area contributed by atoms with Gasteiger partial charge in [0.1, 0.15) is 0 Å². The lowest BCUT2D eigenvalue weighted by molar-refractivity contribution is -0.137. The van der Waals surface area contributed by atoms with Crippen molar-refractivity contribution >= 4 is 17.7 Å². The molecule has 3 rings (SSSR count). The van der Waals surface area contributed by atoms with Crippen molar-refractivity contribution in [2.75, 3.05) is 11.9 Å². The number of rotatable bonds is 10. The highest BCUT2D eigenvalue weighted by atomic mass is 16.5. The Kier molecular flexibility index (Phi) is 7.45. The first-order chi connectivity index (χ1) is 13.6. The molecule has 0 aliphatic carbocycles. The highest BCUT2D eigenvalue weighted by Crippen LogP contribution is 2.44. The molecule has 0 spiro atoms. The van der Waals surface area contributed by atoms with Crippen LogP contribution >= 0.6 is 0 Å². The number of amides is 2. The molecule has 4 N–H and O–H groups in total. The summed E-state index contributed by atoms with van der Waals surface area (Å²) >= 11 is 0. The number of carbonyl (C=O) groups excluding carboxylic acids is 1. The van der Waals surface area contributed by atoms with E-state index in [1.54, 1.807) is 0 Å². The van der Waals surface area contributed by atoms with Gasteiger partial charge in [0.25, 0.3) is 0 Å². The van der Waals surface area contributed by atoms with Gasteiger partial charge in [0.05, 0.1) is 12.2 Å². The normalized spacial score (nSPS) is 25.9. The Morgan fingerprint density at radius 2 is 1.86 bits per heavy atom. The number of hydrazine groups is 1. The first-order valence-electron chi connectivity index (χ1n) is 10.0. The molecule has 0 radical (unpaired) electrons. The van der Waals surface area contributed by atoms with Gasteiger partial charge in [-0.25, -0.2) is 10.2 Å². The zero-order valence-corrected chi connectivity index (χ0v) is 16.0. The molecule has 1 aromatic carbocycles. The minimum Gasteiger partial charge on any atom is -0.481 e. The van der Waals surface area contributed by atoms with E-state index >= 15 is 0 Å². The largest absolute Gasteiger partial charge is 0.481 e. The summed E-state index contributed by atoms with van der Waals surface area (Å²) in [5.74, 6) is 0.0465. The van der Waals surface area contributed by atoms with E-state index in [1.807, 2.05) is 30.3 Å². The molecule has 4 atom stereocenters. The third-order valence-corrected chi connectivity index (χ3v) is 5.50. The molecule has 2 aliphatic heterocycles. The predicted octanol–water partition coefficient (Wildman–Crippen LogP) is 3.31. The minimum atomic E-state index is -0.746. The van der Waals surface area contributed by atoms with Crippen LogP contribution in [0.5, 0.6) is 0 Å². The average Bonchev–Trinajstić information content (AvgIpc) is 3.27. The number of ether oxygens (including phenoxy) is 1. The highest BCUT2D eigenvalue weighted by molar-refractivity contribution is 5.88. The first kappa shape index (κ1) is 20.4. The van der Waals surface area contributed by atoms with Crippen LogP contribution in [0.25, 0.3) is 0 Å². The van der Waals surface area contributed by atoms with Gasteiger partial charge in [-0.05, 0) is 50.2 Å². The maximum Gasteiger partial charge on any atom is 0.333 e. The van der Waals surface area contributed by atoms with Crippen LogP contribution in [0.1, 0.15) is 38.5 Å². The maximum absolute atomic E-state index is 12.0. The maximum atomic E-state index is 12.0. The quantitative estimate of drug-likeness (QED) is 0.280. The fourth-order valence-electron chi connectivity index (χ4n) is 4.16. The van der Waals surface area contributed by atoms with Crippen LogP contribution < -0.4 is 16.2 Å². The van der Waals surface area contributed by atoms with Crippen molar-refractivity contribution in [2.45, 2.75) is 50.7 Å². The molecule has 2 bridgehead atoms. The van der Waals surface area contributed by atoms with E-state index in [9.17, 15) is 9.59 Å². The van der Waals surface area contributed by atoms with E-state index in [1.165, 1.54) is 0 Å². The van der Waals surface area contributed by atoms with E-state index in [0.29, 0.717) is 30.9 Å². The zero-order chi connectivity index (χ0) is 19.8. The van der Waals surface area contributed by atoms with E-state index < -0.39 is 5.97 Å². The standard InChI is InChI=1S/C21H29N3O4/c25-20(26)11-7-2-1-6-10-16-17(19-13-12-18(16)28-19)14-22-24-21(27)23-15-8-4-3-5-9-15/h1,3-6,8-9,16-19,22H,2,7,10-14H2,(H,25,26)(H2,23,24,27)/b6-1+/t16-,17+,18+,19+/m1/s1. The number of anilines is 1. The van der Waals surface area contributed by atoms with Crippen molar-refractivity contribution < 1.29 is 19.4 Å². The minimum absolute atomic E-state index is 0.213. The van der Waals surface area contributed by atoms with Gasteiger partial charge in [0, 0.05) is 24.6 Å². The van der Waals surface area contributed by atoms with E-state index in [4.69, 9.17) is 9.84 Å². The van der Waals surface area contributed by atoms with Gasteiger partial charge in [0.2, 0.25) is 0 Å². The fraction of sp³-hybridized carbons (Fsp3) is 0.524. The number of allylic oxidation sites excluding steroid dienone is 2. The molecule has 0 unspecified atom stereocenters. The summed E-state index contributed by atoms with van der Waals surface area (Å²) in [7, 11) is 0. The van der Waals surface area contributed by atoms with Crippen LogP contribution in [0.2, 0.25) is 0 Å². The van der Waals surface area contributed by atoms with Gasteiger partial charge in [-0.2, -0.15) is 0 Å². The summed E-state index contributed by atoms with van der Waals surface area (Å²) in [6.45, 7) is 0.668. The van der Waals surface area contributed by atoms with Gasteiger partial charge in [0.15, 0.2) is 0 Å². The summed E-state index contributed by atoms with van der Waals surface area (Å²) < 4.78 is 6.08. The molecular formula is C21H29N3O4. The van der Waals surface area contributed by atoms with Gasteiger partial charge in [-0.3, -0.25) is 10.2 Å². The lowest BCUT2D eigenvalue weighted by atomic mass is 9.77. The van der Waals surface area contributed by atoms with Crippen LogP contribution in [-0.4, -0.2) is 35.9 Å². The molecule has 2 aliphatic rings. The highest BCUT2D eigenvalue weighted by Gasteiger charge is 2.47. The number of fused-ring (bicyclic) bond motifs is 2. The summed E-state index contributed by atoms with van der Waals surface area (Å²) in [4.78, 5) is 22.5. The molecule has 1 aromatic rings. The van der Waals surface area contributed by atoms with Crippen molar-refractivity contribution in [2.24, 2.45) is 11.8 Å². The van der Waals surface area contributed by atoms with Gasteiger partial charge in [-0.1, -0.05) is 30.4 Å². The number of hydrogen-bond donors (Lipinski definition) is 4. The van der Waals surface area contributed by atoms with Crippen LogP contribution in [0.15, 0.2) is 42.5 Å². The number of hydrogen-bond acceptors (Lipinski definition) is 4. The Labute approximate surface area is 165 Å². The number of benzene rings is 1. The smallest absolute Gasteiger partial charge is 0.333 e. The Hall–Kier alpha value is -2.38. The summed E-state index contributed by atoms with van der Waals surface area (Å²) in [5, 5.41) is 11.4. The number of carboxylic acid groups (broad SMARTS) is 1. The summed E-state index contributed by atoms with van der Waals surface area (Å²) in [6, 6.07) is 9.03. The van der Waals surface area contributed by atoms with Crippen molar-refractivity contribution in [1.82, 2.24) is 10.9 Å². The van der Waals surface area contributed by atoms with E-state index in [-0.39, 0.29) is 18.6 Å². The molecule has 2 fully saturated rings. The number of carboxylic acids is 1. The van der Waals surface area contributed by atoms with Crippen molar-refractivity contribution in [3.8, 4) is 0 Å². The van der Waals surface area contributed by atoms with Crippen molar-refractivity contribution in [1.29, 1.82) is 0 Å². The van der Waals surface area contributed by atoms with E-state index in [0.717, 1.165) is 31.4 Å². The van der Waals surface area contributed by atoms with E-state index in [2.05, 4.69) is 28.3 Å². The van der Waals surface area contributed by atoms with Crippen LogP contribution in [0.4, 0.5) is 10.5 Å². The molecular weight excluding hydrogens is 358 g/mol. The monoisotopic (exact) mass is 387 g/mol. The van der Waals surface area contributed by atoms with Crippen molar-refractivity contribution in [3.05, 3.63) is 42.5 Å². The number of para-hydroxylation sites is 1. The van der Waals surface area contributed by atoms with Crippen molar-refractivity contribution in [3.63, 3.8) is 0 Å². The molecule has 0 aromatic heterocycles. The van der Waals surface area contributed by atoms with Crippen LogP contribution in [0, 0.1) is 11.8 Å². The third kappa shape index (κ3) is 5.81. The molecule has 2 amide bonds. The Morgan fingerprint density at radius 3 is 2.61 bits per heavy atom. The predicted molar refractivity (Wildman–Crippen MR) is 107 cm³/mol. The second-order valence-corrected chi connectivity index (χ2v) is 7.44. The zero-order valence-electron chi connectivity index (χ0n) is 16.0. The molecule has 2 saturated heterocycles. The Balaban J connectivity index is 1.40. The number of aliphatic carboxylic acids is 1. The molecule has 28 heavy (non-hydrogen) atoms. The van der Waals surface area contributed by atoms with Crippen LogP contribution in [0.3, 0.4) is 0 Å². The lowest BCUT2D eigenvalue weighted by Gasteiger charge is -2.27. The molecule has 2 heterocycles. The average molecular weight is 387 g/mol. The lowest BCUT2D eigenvalue weighted by Crippen LogP contribution is -2.45. The summed E-state index contributed by atoms with van der Waals surface area (Å²) in [6.07, 6.45) is 9.54. The third-order valence-electron chi connectivity index (χ3n) is 5.50. The number of unbranched alkanes of at least 4 members (excludes halogenated alkanes) is 1. The topological polar surface area (TPSA) is 99.7 Å². The number of carbonyl (C=O) groups is 2. The Bertz CT molecular complexity index is 679. The summed E-state index contributed by atoms with van der Waals surface area (Å²) in [5.41, 5.74) is 6.50. The second kappa shape index (κ2) is 10.2. The Morgan fingerprint density at radius 1 is 1.11 bits per heavy atom.